The number of amides is 1. The third-order valence-corrected chi connectivity index (χ3v) is 6.20. The van der Waals surface area contributed by atoms with Gasteiger partial charge in [0.15, 0.2) is 11.5 Å². The van der Waals surface area contributed by atoms with Crippen molar-refractivity contribution in [1.29, 1.82) is 0 Å². The van der Waals surface area contributed by atoms with Crippen LogP contribution in [-0.2, 0) is 10.0 Å². The zero-order valence-corrected chi connectivity index (χ0v) is 17.6. The maximum atomic E-state index is 12.8. The summed E-state index contributed by atoms with van der Waals surface area (Å²) in [4.78, 5) is 12.9. The lowest BCUT2D eigenvalue weighted by molar-refractivity contribution is 0.0925. The van der Waals surface area contributed by atoms with Crippen LogP contribution in [0.2, 0.25) is 0 Å². The Morgan fingerprint density at radius 2 is 1.69 bits per heavy atom. The smallest absolute Gasteiger partial charge is 0.251 e. The van der Waals surface area contributed by atoms with Crippen molar-refractivity contribution in [3.05, 3.63) is 53.6 Å². The summed E-state index contributed by atoms with van der Waals surface area (Å²) in [5.41, 5.74) is 1.31. The number of rotatable bonds is 7. The Balaban J connectivity index is 1.78. The van der Waals surface area contributed by atoms with Gasteiger partial charge in [-0.3, -0.25) is 4.79 Å². The Kier molecular flexibility index (Phi) is 6.44. The predicted molar refractivity (Wildman–Crippen MR) is 110 cm³/mol. The van der Waals surface area contributed by atoms with Gasteiger partial charge in [0, 0.05) is 12.1 Å². The quantitative estimate of drug-likeness (QED) is 0.721. The first-order chi connectivity index (χ1) is 13.8. The van der Waals surface area contributed by atoms with Crippen LogP contribution < -0.4 is 19.5 Å². The van der Waals surface area contributed by atoms with Gasteiger partial charge in [-0.2, -0.15) is 0 Å². The summed E-state index contributed by atoms with van der Waals surface area (Å²) >= 11 is 0. The summed E-state index contributed by atoms with van der Waals surface area (Å²) in [6.45, 7) is 7.08. The van der Waals surface area contributed by atoms with E-state index in [0.717, 1.165) is 5.56 Å². The minimum atomic E-state index is -3.55. The van der Waals surface area contributed by atoms with Gasteiger partial charge in [0.25, 0.3) is 5.91 Å². The monoisotopic (exact) mass is 418 g/mol. The van der Waals surface area contributed by atoms with E-state index in [0.29, 0.717) is 36.8 Å². The first-order valence-electron chi connectivity index (χ1n) is 9.62. The SMILES string of the molecule is CCNS(=O)(=O)c1ccc(C(=O)N[C@@H](c2ccc3c(c2)OCCO3)C(C)C)cc1. The largest absolute Gasteiger partial charge is 0.486 e. The molecule has 0 spiro atoms. The molecule has 1 heterocycles. The number of benzene rings is 2. The van der Waals surface area contributed by atoms with Gasteiger partial charge in [0.2, 0.25) is 10.0 Å². The summed E-state index contributed by atoms with van der Waals surface area (Å²) in [6, 6.07) is 11.3. The van der Waals surface area contributed by atoms with E-state index in [9.17, 15) is 13.2 Å². The second-order valence-electron chi connectivity index (χ2n) is 7.12. The molecule has 2 aromatic carbocycles. The molecule has 7 nitrogen and oxygen atoms in total. The zero-order valence-electron chi connectivity index (χ0n) is 16.8. The van der Waals surface area contributed by atoms with Crippen LogP contribution in [0.4, 0.5) is 0 Å². The maximum Gasteiger partial charge on any atom is 0.251 e. The average Bonchev–Trinajstić information content (AvgIpc) is 2.71. The Morgan fingerprint density at radius 1 is 1.03 bits per heavy atom. The first-order valence-corrected chi connectivity index (χ1v) is 11.1. The highest BCUT2D eigenvalue weighted by Crippen LogP contribution is 2.34. The predicted octanol–water partition coefficient (Wildman–Crippen LogP) is 2.88. The summed E-state index contributed by atoms with van der Waals surface area (Å²) in [5.74, 6) is 1.24. The van der Waals surface area contributed by atoms with Crippen LogP contribution in [0.15, 0.2) is 47.4 Å². The topological polar surface area (TPSA) is 93.7 Å². The number of hydrogen-bond donors (Lipinski definition) is 2. The number of ether oxygens (including phenoxy) is 2. The lowest BCUT2D eigenvalue weighted by atomic mass is 9.95. The molecule has 0 bridgehead atoms. The van der Waals surface area contributed by atoms with E-state index in [1.165, 1.54) is 24.3 Å². The van der Waals surface area contributed by atoms with Gasteiger partial charge in [-0.1, -0.05) is 26.8 Å². The van der Waals surface area contributed by atoms with Crippen LogP contribution in [0, 0.1) is 5.92 Å². The molecule has 2 aromatic rings. The summed E-state index contributed by atoms with van der Waals surface area (Å²) in [6.07, 6.45) is 0. The van der Waals surface area contributed by atoms with Crippen LogP contribution in [0.1, 0.15) is 42.7 Å². The summed E-state index contributed by atoms with van der Waals surface area (Å²) < 4.78 is 37.7. The summed E-state index contributed by atoms with van der Waals surface area (Å²) in [7, 11) is -3.55. The van der Waals surface area contributed by atoms with E-state index in [2.05, 4.69) is 10.0 Å². The van der Waals surface area contributed by atoms with E-state index in [1.807, 2.05) is 32.0 Å². The van der Waals surface area contributed by atoms with Crippen LogP contribution >= 0.6 is 0 Å². The Bertz CT molecular complexity index is 971. The second-order valence-corrected chi connectivity index (χ2v) is 8.89. The number of sulfonamides is 1. The van der Waals surface area contributed by atoms with Gasteiger partial charge in [0.05, 0.1) is 10.9 Å². The fourth-order valence-corrected chi connectivity index (χ4v) is 4.21. The number of carbonyl (C=O) groups excluding carboxylic acids is 1. The van der Waals surface area contributed by atoms with Crippen molar-refractivity contribution in [3.63, 3.8) is 0 Å². The molecule has 0 unspecified atom stereocenters. The van der Waals surface area contributed by atoms with Crippen molar-refractivity contribution in [2.24, 2.45) is 5.92 Å². The average molecular weight is 419 g/mol. The summed E-state index contributed by atoms with van der Waals surface area (Å²) in [5, 5.41) is 3.04. The Morgan fingerprint density at radius 3 is 2.31 bits per heavy atom. The van der Waals surface area contributed by atoms with Gasteiger partial charge in [-0.25, -0.2) is 13.1 Å². The molecule has 2 N–H and O–H groups in total. The van der Waals surface area contributed by atoms with Gasteiger partial charge < -0.3 is 14.8 Å². The molecule has 3 rings (SSSR count). The molecule has 1 atom stereocenters. The van der Waals surface area contributed by atoms with Crippen molar-refractivity contribution in [2.75, 3.05) is 19.8 Å². The molecule has 0 aliphatic carbocycles. The van der Waals surface area contributed by atoms with Crippen LogP contribution in [0.25, 0.3) is 0 Å². The highest BCUT2D eigenvalue weighted by molar-refractivity contribution is 7.89. The number of fused-ring (bicyclic) bond motifs is 1. The Labute approximate surface area is 171 Å². The molecule has 156 valence electrons. The lowest BCUT2D eigenvalue weighted by Crippen LogP contribution is -2.32. The minimum Gasteiger partial charge on any atom is -0.486 e. The highest BCUT2D eigenvalue weighted by atomic mass is 32.2. The van der Waals surface area contributed by atoms with E-state index >= 15 is 0 Å². The van der Waals surface area contributed by atoms with Gasteiger partial charge in [0.1, 0.15) is 13.2 Å². The molecule has 1 amide bonds. The molecule has 29 heavy (non-hydrogen) atoms. The normalized spacial score (nSPS) is 14.5. The molecular formula is C21H26N2O5S. The van der Waals surface area contributed by atoms with E-state index in [1.54, 1.807) is 6.92 Å². The van der Waals surface area contributed by atoms with Crippen molar-refractivity contribution < 1.29 is 22.7 Å². The van der Waals surface area contributed by atoms with Crippen LogP contribution in [0.3, 0.4) is 0 Å². The molecule has 0 fully saturated rings. The fourth-order valence-electron chi connectivity index (χ4n) is 3.17. The van der Waals surface area contributed by atoms with E-state index in [4.69, 9.17) is 9.47 Å². The van der Waals surface area contributed by atoms with Crippen molar-refractivity contribution in [3.8, 4) is 11.5 Å². The number of carbonyl (C=O) groups is 1. The highest BCUT2D eigenvalue weighted by Gasteiger charge is 2.22. The second kappa shape index (κ2) is 8.84. The molecular weight excluding hydrogens is 392 g/mol. The lowest BCUT2D eigenvalue weighted by Gasteiger charge is -2.25. The first kappa shape index (κ1) is 21.1. The van der Waals surface area contributed by atoms with Crippen molar-refractivity contribution in [1.82, 2.24) is 10.0 Å². The molecule has 8 heteroatoms. The third-order valence-electron chi connectivity index (χ3n) is 4.64. The molecule has 1 aliphatic heterocycles. The van der Waals surface area contributed by atoms with Crippen molar-refractivity contribution in [2.45, 2.75) is 31.7 Å². The fraction of sp³-hybridized carbons (Fsp3) is 0.381. The van der Waals surface area contributed by atoms with Gasteiger partial charge in [-0.15, -0.1) is 0 Å². The number of hydrogen-bond acceptors (Lipinski definition) is 5. The van der Waals surface area contributed by atoms with Gasteiger partial charge in [-0.05, 0) is 47.9 Å². The number of nitrogens with one attached hydrogen (secondary N) is 2. The van der Waals surface area contributed by atoms with E-state index < -0.39 is 10.0 Å². The third kappa shape index (κ3) is 4.89. The van der Waals surface area contributed by atoms with E-state index in [-0.39, 0.29) is 22.8 Å². The van der Waals surface area contributed by atoms with Crippen LogP contribution in [-0.4, -0.2) is 34.1 Å². The molecule has 0 aromatic heterocycles. The standard InChI is InChI=1S/C21H26N2O5S/c1-4-22-29(25,26)17-8-5-15(6-9-17)21(24)23-20(14(2)3)16-7-10-18-19(13-16)28-12-11-27-18/h5-10,13-14,20,22H,4,11-12H2,1-3H3,(H,23,24)/t20-/m1/s1. The van der Waals surface area contributed by atoms with Crippen molar-refractivity contribution >= 4 is 15.9 Å². The molecule has 0 saturated heterocycles. The van der Waals surface area contributed by atoms with Gasteiger partial charge >= 0.3 is 0 Å². The minimum absolute atomic E-state index is 0.128. The maximum absolute atomic E-state index is 12.8. The molecule has 0 saturated carbocycles. The Hall–Kier alpha value is -2.58. The molecule has 1 aliphatic rings. The molecule has 0 radical (unpaired) electrons. The zero-order chi connectivity index (χ0) is 21.0. The van der Waals surface area contributed by atoms with Crippen LogP contribution in [0.5, 0.6) is 11.5 Å².